The minimum Gasteiger partial charge on any atom is -0.481 e. The number of carbonyl (C=O) groups is 2. The fourth-order valence-electron chi connectivity index (χ4n) is 2.98. The summed E-state index contributed by atoms with van der Waals surface area (Å²) in [5.41, 5.74) is 1.47. The van der Waals surface area contributed by atoms with Crippen molar-refractivity contribution in [2.24, 2.45) is 0 Å². The van der Waals surface area contributed by atoms with Gasteiger partial charge in [-0.2, -0.15) is 5.10 Å². The van der Waals surface area contributed by atoms with Gasteiger partial charge in [0.05, 0.1) is 43.5 Å². The lowest BCUT2D eigenvalue weighted by Gasteiger charge is -2.29. The fraction of sp³-hybridized carbons (Fsp3) is 0.643. The first kappa shape index (κ1) is 15.9. The van der Waals surface area contributed by atoms with E-state index in [-0.39, 0.29) is 12.3 Å². The van der Waals surface area contributed by atoms with Gasteiger partial charge in [-0.15, -0.1) is 0 Å². The number of nitrogens with one attached hydrogen (secondary N) is 1. The van der Waals surface area contributed by atoms with Crippen molar-refractivity contribution >= 4 is 11.9 Å². The lowest BCUT2D eigenvalue weighted by Crippen LogP contribution is -2.46. The molecule has 1 atom stereocenters. The van der Waals surface area contributed by atoms with Gasteiger partial charge in [-0.1, -0.05) is 0 Å². The van der Waals surface area contributed by atoms with Crippen LogP contribution in [0.3, 0.4) is 0 Å². The van der Waals surface area contributed by atoms with E-state index in [0.717, 1.165) is 5.69 Å². The van der Waals surface area contributed by atoms with E-state index < -0.39 is 30.9 Å². The Hall–Kier alpha value is -2.03. The van der Waals surface area contributed by atoms with Crippen LogP contribution in [0.15, 0.2) is 6.07 Å². The van der Waals surface area contributed by atoms with Crippen LogP contribution >= 0.6 is 0 Å². The van der Waals surface area contributed by atoms with Crippen LogP contribution in [0.4, 0.5) is 8.78 Å². The second-order valence-electron chi connectivity index (χ2n) is 6.00. The highest BCUT2D eigenvalue weighted by Gasteiger charge is 2.43. The molecular formula is C14H18F2N4O3. The molecule has 1 aromatic heterocycles. The molecule has 1 aromatic rings. The number of fused-ring (bicyclic) bond motifs is 1. The lowest BCUT2D eigenvalue weighted by molar-refractivity contribution is -0.137. The van der Waals surface area contributed by atoms with Gasteiger partial charge >= 0.3 is 5.97 Å². The van der Waals surface area contributed by atoms with Gasteiger partial charge in [0, 0.05) is 19.4 Å². The monoisotopic (exact) mass is 328 g/mol. The van der Waals surface area contributed by atoms with Gasteiger partial charge in [-0.05, 0) is 6.07 Å². The molecule has 0 aliphatic carbocycles. The van der Waals surface area contributed by atoms with Crippen molar-refractivity contribution < 1.29 is 23.5 Å². The summed E-state index contributed by atoms with van der Waals surface area (Å²) in [4.78, 5) is 24.5. The molecule has 3 rings (SSSR count). The fourth-order valence-corrected chi connectivity index (χ4v) is 2.98. The van der Waals surface area contributed by atoms with Crippen LogP contribution in [0, 0.1) is 0 Å². The molecule has 0 aromatic carbocycles. The van der Waals surface area contributed by atoms with Crippen molar-refractivity contribution in [1.29, 1.82) is 0 Å². The number of carbonyl (C=O) groups excluding carboxylic acids is 1. The summed E-state index contributed by atoms with van der Waals surface area (Å²) in [6, 6.07) is 0.935. The highest BCUT2D eigenvalue weighted by molar-refractivity contribution is 5.82. The first-order valence-electron chi connectivity index (χ1n) is 7.51. The van der Waals surface area contributed by atoms with Crippen LogP contribution in [0.1, 0.15) is 24.2 Å². The van der Waals surface area contributed by atoms with Crippen LogP contribution in [-0.2, 0) is 29.1 Å². The zero-order chi connectivity index (χ0) is 16.6. The topological polar surface area (TPSA) is 87.5 Å². The number of nitrogens with zero attached hydrogens (tertiary/aromatic N) is 3. The number of rotatable bonds is 4. The quantitative estimate of drug-likeness (QED) is 0.827. The molecule has 1 amide bonds. The van der Waals surface area contributed by atoms with E-state index in [9.17, 15) is 18.4 Å². The Kier molecular flexibility index (Phi) is 4.05. The lowest BCUT2D eigenvalue weighted by atomic mass is 10.1. The number of halogens is 2. The van der Waals surface area contributed by atoms with Gasteiger partial charge in [-0.3, -0.25) is 19.6 Å². The van der Waals surface area contributed by atoms with Gasteiger partial charge in [0.1, 0.15) is 0 Å². The Morgan fingerprint density at radius 2 is 2.22 bits per heavy atom. The van der Waals surface area contributed by atoms with Crippen LogP contribution in [0.5, 0.6) is 0 Å². The Morgan fingerprint density at radius 3 is 2.87 bits per heavy atom. The third-order valence-corrected chi connectivity index (χ3v) is 4.16. The molecule has 0 spiro atoms. The van der Waals surface area contributed by atoms with Crippen molar-refractivity contribution in [3.05, 3.63) is 17.5 Å². The maximum atomic E-state index is 13.2. The Bertz CT molecular complexity index is 632. The Labute approximate surface area is 131 Å². The van der Waals surface area contributed by atoms with Crippen molar-refractivity contribution in [3.63, 3.8) is 0 Å². The van der Waals surface area contributed by atoms with E-state index in [1.807, 2.05) is 0 Å². The predicted octanol–water partition coefficient (Wildman–Crippen LogP) is 0.240. The highest BCUT2D eigenvalue weighted by atomic mass is 19.3. The SMILES string of the molecule is O=C(O)CCc1cc2n(n1)CCN(C(=O)[C@@H]1CC(F)(F)CN1)C2. The maximum absolute atomic E-state index is 13.2. The van der Waals surface area contributed by atoms with E-state index in [4.69, 9.17) is 5.11 Å². The van der Waals surface area contributed by atoms with Crippen LogP contribution in [-0.4, -0.2) is 56.7 Å². The third kappa shape index (κ3) is 3.49. The van der Waals surface area contributed by atoms with E-state index in [2.05, 4.69) is 10.4 Å². The molecule has 2 N–H and O–H groups in total. The summed E-state index contributed by atoms with van der Waals surface area (Å²) in [5.74, 6) is -4.04. The highest BCUT2D eigenvalue weighted by Crippen LogP contribution is 2.27. The van der Waals surface area contributed by atoms with Crippen molar-refractivity contribution in [2.75, 3.05) is 13.1 Å². The first-order valence-corrected chi connectivity index (χ1v) is 7.51. The molecular weight excluding hydrogens is 310 g/mol. The number of carboxylic acids is 1. The molecule has 1 saturated heterocycles. The van der Waals surface area contributed by atoms with Gasteiger partial charge in [0.2, 0.25) is 5.91 Å². The molecule has 126 valence electrons. The minimum absolute atomic E-state index is 0.000174. The molecule has 0 saturated carbocycles. The molecule has 2 aliphatic heterocycles. The molecule has 0 radical (unpaired) electrons. The summed E-state index contributed by atoms with van der Waals surface area (Å²) >= 11 is 0. The van der Waals surface area contributed by atoms with E-state index in [0.29, 0.717) is 31.7 Å². The zero-order valence-electron chi connectivity index (χ0n) is 12.5. The van der Waals surface area contributed by atoms with E-state index >= 15 is 0 Å². The molecule has 1 fully saturated rings. The first-order chi connectivity index (χ1) is 10.8. The number of alkyl halides is 2. The normalized spacial score (nSPS) is 22.9. The molecule has 0 bridgehead atoms. The summed E-state index contributed by atoms with van der Waals surface area (Å²) in [6.07, 6.45) is -0.134. The van der Waals surface area contributed by atoms with Gasteiger partial charge in [0.25, 0.3) is 5.92 Å². The molecule has 7 nitrogen and oxygen atoms in total. The van der Waals surface area contributed by atoms with Crippen LogP contribution in [0.25, 0.3) is 0 Å². The predicted molar refractivity (Wildman–Crippen MR) is 75.0 cm³/mol. The third-order valence-electron chi connectivity index (χ3n) is 4.16. The van der Waals surface area contributed by atoms with E-state index in [1.54, 1.807) is 15.6 Å². The second kappa shape index (κ2) is 5.88. The average molecular weight is 328 g/mol. The number of aromatic nitrogens is 2. The second-order valence-corrected chi connectivity index (χ2v) is 6.00. The smallest absolute Gasteiger partial charge is 0.303 e. The minimum atomic E-state index is -2.83. The molecule has 9 heteroatoms. The maximum Gasteiger partial charge on any atom is 0.303 e. The zero-order valence-corrected chi connectivity index (χ0v) is 12.5. The Balaban J connectivity index is 1.63. The standard InChI is InChI=1S/C14H18F2N4O3/c15-14(16)6-11(17-8-14)13(23)19-3-4-20-10(7-19)5-9(18-20)1-2-12(21)22/h5,11,17H,1-4,6-8H2,(H,21,22)/t11-/m0/s1. The summed E-state index contributed by atoms with van der Waals surface area (Å²) < 4.78 is 28.2. The number of hydrogen-bond donors (Lipinski definition) is 2. The van der Waals surface area contributed by atoms with Crippen LogP contribution in [0.2, 0.25) is 0 Å². The number of aryl methyl sites for hydroxylation is 1. The summed E-state index contributed by atoms with van der Waals surface area (Å²) in [5, 5.41) is 15.6. The molecule has 0 unspecified atom stereocenters. The van der Waals surface area contributed by atoms with Crippen molar-refractivity contribution in [1.82, 2.24) is 20.0 Å². The van der Waals surface area contributed by atoms with E-state index in [1.165, 1.54) is 0 Å². The summed E-state index contributed by atoms with van der Waals surface area (Å²) in [7, 11) is 0. The number of hydrogen-bond acceptors (Lipinski definition) is 4. The molecule has 2 aliphatic rings. The van der Waals surface area contributed by atoms with Crippen molar-refractivity contribution in [2.45, 2.75) is 44.3 Å². The largest absolute Gasteiger partial charge is 0.481 e. The number of carboxylic acid groups (broad SMARTS) is 1. The number of aliphatic carboxylic acids is 1. The average Bonchev–Trinajstić information content (AvgIpc) is 3.06. The van der Waals surface area contributed by atoms with Crippen LogP contribution < -0.4 is 5.32 Å². The number of amides is 1. The van der Waals surface area contributed by atoms with Gasteiger partial charge < -0.3 is 10.0 Å². The van der Waals surface area contributed by atoms with Crippen molar-refractivity contribution in [3.8, 4) is 0 Å². The molecule has 23 heavy (non-hydrogen) atoms. The van der Waals surface area contributed by atoms with Gasteiger partial charge in [0.15, 0.2) is 0 Å². The Morgan fingerprint density at radius 1 is 1.43 bits per heavy atom. The van der Waals surface area contributed by atoms with Gasteiger partial charge in [-0.25, -0.2) is 8.78 Å². The molecule has 3 heterocycles. The summed E-state index contributed by atoms with van der Waals surface area (Å²) in [6.45, 7) is 0.740.